The van der Waals surface area contributed by atoms with Crippen LogP contribution in [0.15, 0.2) is 89.5 Å². The van der Waals surface area contributed by atoms with Crippen LogP contribution in [0.3, 0.4) is 0 Å². The van der Waals surface area contributed by atoms with E-state index in [-0.39, 0.29) is 0 Å². The topological polar surface area (TPSA) is 38.9 Å². The molecule has 4 aromatic rings. The normalized spacial score (nSPS) is 12.2. The maximum atomic E-state index is 5.01. The Hall–Kier alpha value is -3.72. The number of nitrogens with zero attached hydrogens (tertiary/aromatic N) is 2. The van der Waals surface area contributed by atoms with Crippen molar-refractivity contribution in [1.82, 2.24) is 10.1 Å². The molecule has 0 fully saturated rings. The first-order valence-electron chi connectivity index (χ1n) is 10.2. The zero-order valence-electron chi connectivity index (χ0n) is 17.2. The summed E-state index contributed by atoms with van der Waals surface area (Å²) in [6.45, 7) is 4.00. The fourth-order valence-corrected chi connectivity index (χ4v) is 3.60. The fourth-order valence-electron chi connectivity index (χ4n) is 3.60. The molecule has 0 N–H and O–H groups in total. The summed E-state index contributed by atoms with van der Waals surface area (Å²) in [6, 6.07) is 29.9. The molecular weight excluding hydrogens is 368 g/mol. The Morgan fingerprint density at radius 1 is 0.767 bits per heavy atom. The van der Waals surface area contributed by atoms with Crippen molar-refractivity contribution < 1.29 is 4.52 Å². The molecule has 0 amide bonds. The van der Waals surface area contributed by atoms with Crippen LogP contribution in [0.2, 0.25) is 0 Å². The molecule has 30 heavy (non-hydrogen) atoms. The predicted molar refractivity (Wildman–Crippen MR) is 123 cm³/mol. The zero-order chi connectivity index (χ0) is 20.8. The Balaban J connectivity index is 1.74. The Morgan fingerprint density at radius 3 is 1.93 bits per heavy atom. The van der Waals surface area contributed by atoms with Crippen molar-refractivity contribution in [2.45, 2.75) is 20.3 Å². The largest absolute Gasteiger partial charge is 0.339 e. The van der Waals surface area contributed by atoms with E-state index in [1.165, 1.54) is 27.8 Å². The lowest BCUT2D eigenvalue weighted by Gasteiger charge is -2.16. The molecule has 0 bridgehead atoms. The lowest BCUT2D eigenvalue weighted by molar-refractivity contribution is 0.391. The summed E-state index contributed by atoms with van der Waals surface area (Å²) in [4.78, 5) is 4.21. The summed E-state index contributed by atoms with van der Waals surface area (Å²) in [5.74, 6) is 1.15. The van der Waals surface area contributed by atoms with Gasteiger partial charge in [-0.3, -0.25) is 0 Å². The summed E-state index contributed by atoms with van der Waals surface area (Å²) in [5, 5.41) is 3.90. The smallest absolute Gasteiger partial charge is 0.223 e. The third kappa shape index (κ3) is 4.47. The number of hydrogen-bond donors (Lipinski definition) is 0. The molecule has 0 unspecified atom stereocenters. The minimum absolute atomic E-state index is 0.565. The Bertz CT molecular complexity index is 1150. The highest BCUT2D eigenvalue weighted by Crippen LogP contribution is 2.34. The number of hydrogen-bond acceptors (Lipinski definition) is 3. The van der Waals surface area contributed by atoms with Crippen LogP contribution in [-0.4, -0.2) is 10.1 Å². The van der Waals surface area contributed by atoms with Gasteiger partial charge in [-0.05, 0) is 45.9 Å². The zero-order valence-corrected chi connectivity index (χ0v) is 17.2. The van der Waals surface area contributed by atoms with Gasteiger partial charge in [0.25, 0.3) is 0 Å². The fraction of sp³-hybridized carbons (Fsp3) is 0.111. The van der Waals surface area contributed by atoms with Gasteiger partial charge in [0.05, 0.1) is 0 Å². The van der Waals surface area contributed by atoms with E-state index in [2.05, 4.69) is 102 Å². The van der Waals surface area contributed by atoms with Crippen LogP contribution < -0.4 is 0 Å². The van der Waals surface area contributed by atoms with Crippen LogP contribution in [0.4, 0.5) is 0 Å². The van der Waals surface area contributed by atoms with Gasteiger partial charge < -0.3 is 4.52 Å². The SMILES string of the molecule is CC/C(=C(\c1ccccc1)c1ccc(/C=C/c2noc(C)n2)cc1)c1ccccc1. The van der Waals surface area contributed by atoms with Gasteiger partial charge in [0, 0.05) is 6.92 Å². The number of benzene rings is 3. The monoisotopic (exact) mass is 392 g/mol. The summed E-state index contributed by atoms with van der Waals surface area (Å²) >= 11 is 0. The first-order chi connectivity index (χ1) is 14.7. The van der Waals surface area contributed by atoms with Crippen molar-refractivity contribution in [2.24, 2.45) is 0 Å². The molecule has 1 heterocycles. The van der Waals surface area contributed by atoms with Crippen molar-refractivity contribution in [3.05, 3.63) is 119 Å². The molecule has 0 spiro atoms. The van der Waals surface area contributed by atoms with Crippen LogP contribution >= 0.6 is 0 Å². The van der Waals surface area contributed by atoms with Crippen molar-refractivity contribution in [2.75, 3.05) is 0 Å². The number of aryl methyl sites for hydroxylation is 1. The van der Waals surface area contributed by atoms with Gasteiger partial charge in [-0.25, -0.2) is 0 Å². The van der Waals surface area contributed by atoms with Crippen LogP contribution in [0.5, 0.6) is 0 Å². The molecule has 0 aliphatic rings. The van der Waals surface area contributed by atoms with E-state index >= 15 is 0 Å². The molecule has 0 aliphatic carbocycles. The van der Waals surface area contributed by atoms with E-state index in [0.29, 0.717) is 11.7 Å². The lowest BCUT2D eigenvalue weighted by Crippen LogP contribution is -1.95. The van der Waals surface area contributed by atoms with Crippen LogP contribution in [0.1, 0.15) is 47.3 Å². The van der Waals surface area contributed by atoms with Crippen molar-refractivity contribution in [3.63, 3.8) is 0 Å². The third-order valence-corrected chi connectivity index (χ3v) is 5.01. The van der Waals surface area contributed by atoms with Crippen LogP contribution in [0, 0.1) is 6.92 Å². The highest BCUT2D eigenvalue weighted by molar-refractivity contribution is 5.98. The Labute approximate surface area is 177 Å². The maximum absolute atomic E-state index is 5.01. The number of aromatic nitrogens is 2. The molecule has 1 aromatic heterocycles. The molecule has 0 saturated heterocycles. The highest BCUT2D eigenvalue weighted by atomic mass is 16.5. The maximum Gasteiger partial charge on any atom is 0.223 e. The summed E-state index contributed by atoms with van der Waals surface area (Å²) < 4.78 is 5.01. The van der Waals surface area contributed by atoms with Gasteiger partial charge in [-0.2, -0.15) is 4.98 Å². The molecule has 148 valence electrons. The van der Waals surface area contributed by atoms with Crippen molar-refractivity contribution >= 4 is 23.3 Å². The van der Waals surface area contributed by atoms with E-state index in [1.807, 2.05) is 12.2 Å². The predicted octanol–water partition coefficient (Wildman–Crippen LogP) is 6.92. The van der Waals surface area contributed by atoms with Gasteiger partial charge in [0.2, 0.25) is 5.89 Å². The molecule has 3 heteroatoms. The highest BCUT2D eigenvalue weighted by Gasteiger charge is 2.12. The number of rotatable bonds is 6. The van der Waals surface area contributed by atoms with Crippen LogP contribution in [-0.2, 0) is 0 Å². The van der Waals surface area contributed by atoms with Gasteiger partial charge in [-0.1, -0.05) is 103 Å². The summed E-state index contributed by atoms with van der Waals surface area (Å²) in [6.07, 6.45) is 4.81. The second-order valence-electron chi connectivity index (χ2n) is 7.07. The average molecular weight is 393 g/mol. The standard InChI is InChI=1S/C27H24N2O/c1-3-25(22-10-6-4-7-11-22)27(23-12-8-5-9-13-23)24-17-14-21(15-18-24)16-19-26-28-20(2)30-29-26/h4-19H,3H2,1-2H3/b19-16+,27-25-. The van der Waals surface area contributed by atoms with Gasteiger partial charge in [0.1, 0.15) is 0 Å². The Kier molecular flexibility index (Phi) is 6.00. The quantitative estimate of drug-likeness (QED) is 0.334. The van der Waals surface area contributed by atoms with E-state index in [9.17, 15) is 0 Å². The van der Waals surface area contributed by atoms with Gasteiger partial charge in [-0.15, -0.1) is 0 Å². The molecule has 0 aliphatic heterocycles. The van der Waals surface area contributed by atoms with Gasteiger partial charge >= 0.3 is 0 Å². The molecule has 3 nitrogen and oxygen atoms in total. The summed E-state index contributed by atoms with van der Waals surface area (Å²) in [7, 11) is 0. The van der Waals surface area contributed by atoms with Crippen molar-refractivity contribution in [3.8, 4) is 0 Å². The number of allylic oxidation sites excluding steroid dienone is 1. The molecule has 4 rings (SSSR count). The lowest BCUT2D eigenvalue weighted by atomic mass is 9.88. The molecule has 3 aromatic carbocycles. The summed E-state index contributed by atoms with van der Waals surface area (Å²) in [5.41, 5.74) is 7.39. The second-order valence-corrected chi connectivity index (χ2v) is 7.07. The van der Waals surface area contributed by atoms with E-state index in [0.717, 1.165) is 12.0 Å². The van der Waals surface area contributed by atoms with E-state index in [4.69, 9.17) is 4.52 Å². The van der Waals surface area contributed by atoms with Gasteiger partial charge in [0.15, 0.2) is 5.82 Å². The van der Waals surface area contributed by atoms with Crippen molar-refractivity contribution in [1.29, 1.82) is 0 Å². The van der Waals surface area contributed by atoms with E-state index < -0.39 is 0 Å². The first kappa shape index (κ1) is 19.6. The minimum Gasteiger partial charge on any atom is -0.339 e. The van der Waals surface area contributed by atoms with Crippen LogP contribution in [0.25, 0.3) is 23.3 Å². The third-order valence-electron chi connectivity index (χ3n) is 5.01. The average Bonchev–Trinajstić information content (AvgIpc) is 3.23. The van der Waals surface area contributed by atoms with E-state index in [1.54, 1.807) is 6.92 Å². The second kappa shape index (κ2) is 9.19. The molecule has 0 saturated carbocycles. The first-order valence-corrected chi connectivity index (χ1v) is 10.2. The Morgan fingerprint density at radius 2 is 1.37 bits per heavy atom. The minimum atomic E-state index is 0.565. The molecular formula is C27H24N2O. The molecule has 0 radical (unpaired) electrons. The molecule has 0 atom stereocenters.